The Morgan fingerprint density at radius 2 is 1.61 bits per heavy atom. The van der Waals surface area contributed by atoms with Gasteiger partial charge in [-0.15, -0.1) is 0 Å². The van der Waals surface area contributed by atoms with E-state index in [-0.39, 0.29) is 0 Å². The summed E-state index contributed by atoms with van der Waals surface area (Å²) in [5.74, 6) is -0.799. The van der Waals surface area contributed by atoms with Gasteiger partial charge in [0.25, 0.3) is 0 Å². The highest BCUT2D eigenvalue weighted by atomic mass is 31.2. The van der Waals surface area contributed by atoms with Crippen LogP contribution < -0.4 is 5.32 Å². The molecule has 0 aliphatic carbocycles. The van der Waals surface area contributed by atoms with Gasteiger partial charge >= 0.3 is 15.2 Å². The molecule has 1 aliphatic rings. The van der Waals surface area contributed by atoms with Gasteiger partial charge in [-0.3, -0.25) is 13.9 Å². The van der Waals surface area contributed by atoms with Crippen molar-refractivity contribution in [2.24, 2.45) is 0 Å². The van der Waals surface area contributed by atoms with E-state index in [1.165, 1.54) is 0 Å². The van der Waals surface area contributed by atoms with E-state index in [0.717, 1.165) is 6.92 Å². The van der Waals surface area contributed by atoms with Crippen molar-refractivity contribution in [3.05, 3.63) is 0 Å². The Morgan fingerprint density at radius 1 is 1.13 bits per heavy atom. The van der Waals surface area contributed by atoms with Gasteiger partial charge in [0.15, 0.2) is 5.40 Å². The number of amides is 1. The van der Waals surface area contributed by atoms with Crippen LogP contribution in [0, 0.1) is 0 Å². The van der Waals surface area contributed by atoms with Crippen molar-refractivity contribution >= 4 is 21.1 Å². The molecule has 0 bridgehead atoms. The lowest BCUT2D eigenvalue weighted by Crippen LogP contribution is -2.66. The molecule has 14 heteroatoms. The summed E-state index contributed by atoms with van der Waals surface area (Å²) in [6.45, 7) is 0.0921. The number of aliphatic hydroxyl groups is 3. The van der Waals surface area contributed by atoms with Crippen LogP contribution in [0.2, 0.25) is 0 Å². The van der Waals surface area contributed by atoms with Crippen molar-refractivity contribution in [3.63, 3.8) is 0 Å². The molecule has 0 unspecified atom stereocenters. The van der Waals surface area contributed by atoms with Crippen LogP contribution in [-0.2, 0) is 18.7 Å². The number of ether oxygens (including phenoxy) is 1. The van der Waals surface area contributed by atoms with Crippen molar-refractivity contribution in [1.29, 1.82) is 0 Å². The number of carbonyl (C=O) groups excluding carboxylic acids is 1. The molecule has 12 nitrogen and oxygen atoms in total. The Labute approximate surface area is 130 Å². The molecule has 1 heterocycles. The van der Waals surface area contributed by atoms with Gasteiger partial charge in [-0.25, -0.2) is 0 Å². The highest BCUT2D eigenvalue weighted by Crippen LogP contribution is 2.62. The summed E-state index contributed by atoms with van der Waals surface area (Å²) in [5, 5.41) is 28.2. The van der Waals surface area contributed by atoms with Gasteiger partial charge in [-0.1, -0.05) is 0 Å². The quantitative estimate of drug-likeness (QED) is 0.221. The number of rotatable bonds is 5. The molecule has 0 spiro atoms. The average Bonchev–Trinajstić information content (AvgIpc) is 2.34. The fourth-order valence-electron chi connectivity index (χ4n) is 2.38. The van der Waals surface area contributed by atoms with Crippen LogP contribution in [0.25, 0.3) is 0 Å². The molecule has 8 N–H and O–H groups in total. The standard InChI is InChI=1S/C9H19NO11P2/c1-3(12)10-5-7(14)6(13)4(2-11)21-8(5)9(22(15,16)17)23(18,19)20/h4-9,11,13-14H,2H2,1H3,(H,10,12)(H2,15,16,17)(H2,18,19,20)/t4-,5+,6-,7-,8-/m1/s1. The molecule has 23 heavy (non-hydrogen) atoms. The van der Waals surface area contributed by atoms with E-state index >= 15 is 0 Å². The maximum atomic E-state index is 11.5. The first kappa shape index (κ1) is 20.7. The third kappa shape index (κ3) is 4.80. The zero-order valence-corrected chi connectivity index (χ0v) is 13.6. The van der Waals surface area contributed by atoms with Crippen molar-refractivity contribution in [1.82, 2.24) is 5.32 Å². The normalized spacial score (nSPS) is 32.8. The minimum Gasteiger partial charge on any atom is -0.394 e. The number of carbonyl (C=O) groups is 1. The fourth-order valence-corrected chi connectivity index (χ4v) is 5.23. The van der Waals surface area contributed by atoms with Crippen molar-refractivity contribution in [3.8, 4) is 0 Å². The summed E-state index contributed by atoms with van der Waals surface area (Å²) in [5.41, 5.74) is 0. The lowest BCUT2D eigenvalue weighted by Gasteiger charge is -2.45. The maximum absolute atomic E-state index is 11.5. The summed E-state index contributed by atoms with van der Waals surface area (Å²) >= 11 is 0. The summed E-state index contributed by atoms with van der Waals surface area (Å²) in [7, 11) is -10.9. The first-order valence-corrected chi connectivity index (χ1v) is 9.67. The lowest BCUT2D eigenvalue weighted by atomic mass is 9.93. The van der Waals surface area contributed by atoms with Crippen LogP contribution in [0.1, 0.15) is 6.92 Å². The second-order valence-corrected chi connectivity index (χ2v) is 9.00. The molecule has 0 aromatic heterocycles. The molecule has 136 valence electrons. The molecular weight excluding hydrogens is 360 g/mol. The average molecular weight is 379 g/mol. The number of hydrogen-bond donors (Lipinski definition) is 8. The van der Waals surface area contributed by atoms with Gasteiger partial charge in [0, 0.05) is 6.92 Å². The van der Waals surface area contributed by atoms with E-state index in [9.17, 15) is 43.7 Å². The Kier molecular flexibility index (Phi) is 6.50. The number of aliphatic hydroxyl groups excluding tert-OH is 3. The molecule has 1 aliphatic heterocycles. The largest absolute Gasteiger partial charge is 0.394 e. The van der Waals surface area contributed by atoms with Crippen LogP contribution >= 0.6 is 15.2 Å². The summed E-state index contributed by atoms with van der Waals surface area (Å²) in [6, 6.07) is -1.71. The van der Waals surface area contributed by atoms with E-state index in [1.807, 2.05) is 5.32 Å². The molecule has 1 saturated heterocycles. The first-order valence-electron chi connectivity index (χ1n) is 6.30. The van der Waals surface area contributed by atoms with Gasteiger partial charge in [-0.05, 0) is 0 Å². The number of nitrogens with one attached hydrogen (secondary N) is 1. The Balaban J connectivity index is 3.36. The van der Waals surface area contributed by atoms with Crippen LogP contribution in [-0.4, -0.2) is 83.3 Å². The molecule has 0 aromatic carbocycles. The molecular formula is C9H19NO11P2. The highest BCUT2D eigenvalue weighted by molar-refractivity contribution is 7.71. The zero-order valence-electron chi connectivity index (χ0n) is 11.8. The minimum atomic E-state index is -5.44. The van der Waals surface area contributed by atoms with Crippen LogP contribution in [0.5, 0.6) is 0 Å². The topological polar surface area (TPSA) is 214 Å². The monoisotopic (exact) mass is 379 g/mol. The van der Waals surface area contributed by atoms with Gasteiger partial charge in [0.1, 0.15) is 24.4 Å². The zero-order chi connectivity index (χ0) is 18.2. The second kappa shape index (κ2) is 7.24. The van der Waals surface area contributed by atoms with Crippen LogP contribution in [0.15, 0.2) is 0 Å². The highest BCUT2D eigenvalue weighted by Gasteiger charge is 2.57. The van der Waals surface area contributed by atoms with Gasteiger partial charge in [0.05, 0.1) is 12.6 Å². The van der Waals surface area contributed by atoms with Gasteiger partial charge in [-0.2, -0.15) is 0 Å². The molecule has 5 atom stereocenters. The first-order chi connectivity index (χ1) is 10.3. The summed E-state index contributed by atoms with van der Waals surface area (Å²) in [6.07, 6.45) is -7.23. The van der Waals surface area contributed by atoms with E-state index in [0.29, 0.717) is 0 Å². The third-order valence-corrected chi connectivity index (χ3v) is 7.09. The summed E-state index contributed by atoms with van der Waals surface area (Å²) in [4.78, 5) is 48.2. The molecule has 0 radical (unpaired) electrons. The lowest BCUT2D eigenvalue weighted by molar-refractivity contribution is -0.193. The Bertz CT molecular complexity index is 508. The van der Waals surface area contributed by atoms with Crippen molar-refractivity contribution in [2.75, 3.05) is 6.61 Å². The number of hydrogen-bond acceptors (Lipinski definition) is 7. The fraction of sp³-hybridized carbons (Fsp3) is 0.889. The van der Waals surface area contributed by atoms with Gasteiger partial charge in [0.2, 0.25) is 5.91 Å². The molecule has 0 saturated carbocycles. The van der Waals surface area contributed by atoms with Crippen molar-refractivity contribution < 1.29 is 53.6 Å². The van der Waals surface area contributed by atoms with E-state index < -0.39 is 63.6 Å². The predicted molar refractivity (Wildman–Crippen MR) is 73.2 cm³/mol. The van der Waals surface area contributed by atoms with Crippen molar-refractivity contribution in [2.45, 2.75) is 42.8 Å². The molecule has 1 amide bonds. The van der Waals surface area contributed by atoms with Crippen LogP contribution in [0.4, 0.5) is 0 Å². The predicted octanol–water partition coefficient (Wildman–Crippen LogP) is -3.35. The smallest absolute Gasteiger partial charge is 0.343 e. The SMILES string of the molecule is CC(=O)N[C@H]1[C@@H](O)[C@H](O)[C@@H](CO)O[C@H]1C(P(=O)(O)O)P(=O)(O)O. The van der Waals surface area contributed by atoms with Crippen LogP contribution in [0.3, 0.4) is 0 Å². The van der Waals surface area contributed by atoms with E-state index in [2.05, 4.69) is 0 Å². The minimum absolute atomic E-state index is 0.799. The molecule has 1 rings (SSSR count). The molecule has 1 fully saturated rings. The second-order valence-electron chi connectivity index (χ2n) is 5.12. The van der Waals surface area contributed by atoms with E-state index in [4.69, 9.17) is 9.84 Å². The Morgan fingerprint density at radius 3 is 1.96 bits per heavy atom. The maximum Gasteiger partial charge on any atom is 0.343 e. The van der Waals surface area contributed by atoms with E-state index in [1.54, 1.807) is 0 Å². The summed E-state index contributed by atoms with van der Waals surface area (Å²) < 4.78 is 28.0. The Hall–Kier alpha value is -0.390. The third-order valence-electron chi connectivity index (χ3n) is 3.32. The van der Waals surface area contributed by atoms with Gasteiger partial charge < -0.3 is 44.9 Å². The molecule has 0 aromatic rings.